The number of rotatable bonds is 6. The van der Waals surface area contributed by atoms with Crippen LogP contribution in [0.4, 0.5) is 0 Å². The van der Waals surface area contributed by atoms with E-state index in [0.717, 1.165) is 11.3 Å². The maximum atomic E-state index is 11.3. The van der Waals surface area contributed by atoms with Crippen molar-refractivity contribution in [2.24, 2.45) is 0 Å². The van der Waals surface area contributed by atoms with E-state index >= 15 is 0 Å². The molecule has 0 aliphatic heterocycles. The van der Waals surface area contributed by atoms with Crippen molar-refractivity contribution in [3.05, 3.63) is 59.7 Å². The van der Waals surface area contributed by atoms with Crippen molar-refractivity contribution in [1.82, 2.24) is 0 Å². The summed E-state index contributed by atoms with van der Waals surface area (Å²) in [6.07, 6.45) is 0. The summed E-state index contributed by atoms with van der Waals surface area (Å²) in [5.74, 6) is 1.20. The molecule has 0 atom stereocenters. The molecule has 0 radical (unpaired) electrons. The summed E-state index contributed by atoms with van der Waals surface area (Å²) in [5, 5.41) is 0. The predicted molar refractivity (Wildman–Crippen MR) is 80.0 cm³/mol. The highest BCUT2D eigenvalue weighted by Gasteiger charge is 2.04. The molecule has 0 unspecified atom stereocenters. The molecule has 110 valence electrons. The first-order valence-electron chi connectivity index (χ1n) is 6.70. The Balaban J connectivity index is 1.79. The van der Waals surface area contributed by atoms with E-state index < -0.39 is 0 Å². The van der Waals surface area contributed by atoms with Gasteiger partial charge in [0.05, 0.1) is 12.7 Å². The van der Waals surface area contributed by atoms with Gasteiger partial charge in [0.1, 0.15) is 24.7 Å². The molecule has 0 aliphatic carbocycles. The number of benzene rings is 2. The van der Waals surface area contributed by atoms with Gasteiger partial charge in [-0.25, -0.2) is 4.79 Å². The minimum absolute atomic E-state index is 0.357. The van der Waals surface area contributed by atoms with E-state index in [-0.39, 0.29) is 5.97 Å². The lowest BCUT2D eigenvalue weighted by molar-refractivity contribution is 0.0600. The van der Waals surface area contributed by atoms with E-state index in [0.29, 0.717) is 24.5 Å². The van der Waals surface area contributed by atoms with Crippen molar-refractivity contribution in [2.45, 2.75) is 6.92 Å². The smallest absolute Gasteiger partial charge is 0.337 e. The Bertz CT molecular complexity index is 590. The molecule has 2 aromatic carbocycles. The van der Waals surface area contributed by atoms with Crippen LogP contribution in [-0.4, -0.2) is 26.3 Å². The number of aryl methyl sites for hydroxylation is 1. The van der Waals surface area contributed by atoms with Crippen LogP contribution in [-0.2, 0) is 4.74 Å². The molecule has 4 heteroatoms. The second-order valence-electron chi connectivity index (χ2n) is 4.48. The van der Waals surface area contributed by atoms with E-state index in [9.17, 15) is 4.79 Å². The summed E-state index contributed by atoms with van der Waals surface area (Å²) in [5.41, 5.74) is 1.60. The number of methoxy groups -OCH3 is 1. The fraction of sp³-hybridized carbons (Fsp3) is 0.235. The van der Waals surface area contributed by atoms with Crippen molar-refractivity contribution in [3.8, 4) is 11.5 Å². The topological polar surface area (TPSA) is 44.8 Å². The molecule has 0 bridgehead atoms. The van der Waals surface area contributed by atoms with Gasteiger partial charge in [0.2, 0.25) is 0 Å². The van der Waals surface area contributed by atoms with E-state index in [2.05, 4.69) is 4.74 Å². The van der Waals surface area contributed by atoms with Crippen LogP contribution in [0.3, 0.4) is 0 Å². The summed E-state index contributed by atoms with van der Waals surface area (Å²) in [6, 6.07) is 14.7. The molecular formula is C17H18O4. The largest absolute Gasteiger partial charge is 0.490 e. The standard InChI is InChI=1S/C17H18O4/c1-13-5-3-4-6-16(13)21-12-11-20-15-9-7-14(8-10-15)17(18)19-2/h3-10H,11-12H2,1-2H3. The summed E-state index contributed by atoms with van der Waals surface area (Å²) in [6.45, 7) is 2.90. The van der Waals surface area contributed by atoms with Gasteiger partial charge >= 0.3 is 5.97 Å². The van der Waals surface area contributed by atoms with Gasteiger partial charge in [-0.15, -0.1) is 0 Å². The summed E-state index contributed by atoms with van der Waals surface area (Å²) in [7, 11) is 1.36. The number of carbonyl (C=O) groups is 1. The second-order valence-corrected chi connectivity index (χ2v) is 4.48. The van der Waals surface area contributed by atoms with Crippen LogP contribution in [0.15, 0.2) is 48.5 Å². The average molecular weight is 286 g/mol. The number of para-hydroxylation sites is 1. The quantitative estimate of drug-likeness (QED) is 0.604. The molecule has 0 heterocycles. The molecule has 0 aliphatic rings. The van der Waals surface area contributed by atoms with Crippen molar-refractivity contribution in [3.63, 3.8) is 0 Å². The molecule has 21 heavy (non-hydrogen) atoms. The molecule has 0 spiro atoms. The Morgan fingerprint density at radius 3 is 2.29 bits per heavy atom. The molecule has 0 saturated heterocycles. The summed E-state index contributed by atoms with van der Waals surface area (Å²) < 4.78 is 15.8. The van der Waals surface area contributed by atoms with Crippen molar-refractivity contribution >= 4 is 5.97 Å². The number of esters is 1. The molecule has 0 N–H and O–H groups in total. The Morgan fingerprint density at radius 2 is 1.62 bits per heavy atom. The Hall–Kier alpha value is -2.49. The van der Waals surface area contributed by atoms with Gasteiger partial charge in [0.15, 0.2) is 0 Å². The molecule has 0 amide bonds. The maximum Gasteiger partial charge on any atom is 0.337 e. The number of hydrogen-bond donors (Lipinski definition) is 0. The van der Waals surface area contributed by atoms with E-state index in [1.165, 1.54) is 7.11 Å². The number of carbonyl (C=O) groups excluding carboxylic acids is 1. The van der Waals surface area contributed by atoms with Gasteiger partial charge in [0, 0.05) is 0 Å². The lowest BCUT2D eigenvalue weighted by atomic mass is 10.2. The van der Waals surface area contributed by atoms with Crippen LogP contribution in [0.1, 0.15) is 15.9 Å². The van der Waals surface area contributed by atoms with Crippen LogP contribution in [0.25, 0.3) is 0 Å². The Kier molecular flexibility index (Phi) is 5.21. The number of ether oxygens (including phenoxy) is 3. The van der Waals surface area contributed by atoms with Crippen LogP contribution in [0.5, 0.6) is 11.5 Å². The van der Waals surface area contributed by atoms with Gasteiger partial charge < -0.3 is 14.2 Å². The fourth-order valence-corrected chi connectivity index (χ4v) is 1.83. The van der Waals surface area contributed by atoms with Gasteiger partial charge in [-0.1, -0.05) is 18.2 Å². The minimum atomic E-state index is -0.357. The van der Waals surface area contributed by atoms with Crippen LogP contribution in [0, 0.1) is 6.92 Å². The van der Waals surface area contributed by atoms with Crippen molar-refractivity contribution in [2.75, 3.05) is 20.3 Å². The first-order chi connectivity index (χ1) is 10.2. The third kappa shape index (κ3) is 4.24. The molecule has 0 aromatic heterocycles. The van der Waals surface area contributed by atoms with E-state index in [1.54, 1.807) is 24.3 Å². The Labute approximate surface area is 124 Å². The van der Waals surface area contributed by atoms with Crippen molar-refractivity contribution < 1.29 is 19.0 Å². The minimum Gasteiger partial charge on any atom is -0.490 e. The monoisotopic (exact) mass is 286 g/mol. The van der Waals surface area contributed by atoms with Crippen LogP contribution < -0.4 is 9.47 Å². The van der Waals surface area contributed by atoms with E-state index in [4.69, 9.17) is 9.47 Å². The van der Waals surface area contributed by atoms with Gasteiger partial charge in [-0.2, -0.15) is 0 Å². The zero-order valence-electron chi connectivity index (χ0n) is 12.2. The molecule has 4 nitrogen and oxygen atoms in total. The highest BCUT2D eigenvalue weighted by molar-refractivity contribution is 5.89. The first kappa shape index (κ1) is 14.9. The predicted octanol–water partition coefficient (Wildman–Crippen LogP) is 3.24. The molecule has 0 fully saturated rings. The molecule has 2 aromatic rings. The first-order valence-corrected chi connectivity index (χ1v) is 6.70. The third-order valence-electron chi connectivity index (χ3n) is 2.98. The zero-order chi connectivity index (χ0) is 15.1. The fourth-order valence-electron chi connectivity index (χ4n) is 1.83. The van der Waals surface area contributed by atoms with E-state index in [1.807, 2.05) is 31.2 Å². The summed E-state index contributed by atoms with van der Waals surface area (Å²) >= 11 is 0. The van der Waals surface area contributed by atoms with Crippen LogP contribution >= 0.6 is 0 Å². The maximum absolute atomic E-state index is 11.3. The molecule has 0 saturated carbocycles. The molecular weight excluding hydrogens is 268 g/mol. The highest BCUT2D eigenvalue weighted by Crippen LogP contribution is 2.16. The zero-order valence-corrected chi connectivity index (χ0v) is 12.2. The third-order valence-corrected chi connectivity index (χ3v) is 2.98. The second kappa shape index (κ2) is 7.33. The van der Waals surface area contributed by atoms with Crippen LogP contribution in [0.2, 0.25) is 0 Å². The van der Waals surface area contributed by atoms with Gasteiger partial charge in [-0.05, 0) is 42.8 Å². The normalized spacial score (nSPS) is 10.0. The van der Waals surface area contributed by atoms with Crippen molar-refractivity contribution in [1.29, 1.82) is 0 Å². The van der Waals surface area contributed by atoms with Gasteiger partial charge in [-0.3, -0.25) is 0 Å². The Morgan fingerprint density at radius 1 is 0.952 bits per heavy atom. The highest BCUT2D eigenvalue weighted by atomic mass is 16.5. The summed E-state index contributed by atoms with van der Waals surface area (Å²) in [4.78, 5) is 11.3. The molecule has 2 rings (SSSR count). The van der Waals surface area contributed by atoms with Gasteiger partial charge in [0.25, 0.3) is 0 Å². The average Bonchev–Trinajstić information content (AvgIpc) is 2.53. The number of hydrogen-bond acceptors (Lipinski definition) is 4. The SMILES string of the molecule is COC(=O)c1ccc(OCCOc2ccccc2C)cc1. The lowest BCUT2D eigenvalue weighted by Crippen LogP contribution is -2.09. The lowest BCUT2D eigenvalue weighted by Gasteiger charge is -2.10.